The number of aliphatic hydroxyl groups is 1. The number of hydrogen-bond acceptors (Lipinski definition) is 4. The van der Waals surface area contributed by atoms with Gasteiger partial charge in [0.15, 0.2) is 0 Å². The van der Waals surface area contributed by atoms with E-state index in [-0.39, 0.29) is 11.3 Å². The lowest BCUT2D eigenvalue weighted by Gasteiger charge is -2.35. The highest BCUT2D eigenvalue weighted by atomic mass is 19.1. The molecule has 0 bridgehead atoms. The lowest BCUT2D eigenvalue weighted by Crippen LogP contribution is -2.45. The van der Waals surface area contributed by atoms with E-state index in [1.54, 1.807) is 6.92 Å². The van der Waals surface area contributed by atoms with Gasteiger partial charge < -0.3 is 10.0 Å². The van der Waals surface area contributed by atoms with Crippen molar-refractivity contribution >= 4 is 11.6 Å². The van der Waals surface area contributed by atoms with Crippen molar-refractivity contribution in [2.75, 3.05) is 13.1 Å². The minimum absolute atomic E-state index is 0.300. The number of nitrogens with zero attached hydrogens (tertiary/aromatic N) is 2. The molecule has 0 aliphatic carbocycles. The molecule has 20 heavy (non-hydrogen) atoms. The summed E-state index contributed by atoms with van der Waals surface area (Å²) < 4.78 is 13.7. The van der Waals surface area contributed by atoms with Gasteiger partial charge in [-0.15, -0.1) is 0 Å². The van der Waals surface area contributed by atoms with E-state index in [1.807, 2.05) is 0 Å². The second kappa shape index (κ2) is 5.16. The van der Waals surface area contributed by atoms with Crippen LogP contribution in [0.2, 0.25) is 0 Å². The third-order valence-electron chi connectivity index (χ3n) is 3.52. The predicted octanol–water partition coefficient (Wildman–Crippen LogP) is 1.72. The molecule has 1 aromatic carbocycles. The van der Waals surface area contributed by atoms with E-state index >= 15 is 0 Å². The molecular weight excluding hydrogens is 267 g/mol. The highest BCUT2D eigenvalue weighted by Gasteiger charge is 2.31. The maximum atomic E-state index is 13.7. The van der Waals surface area contributed by atoms with Crippen molar-refractivity contribution in [1.29, 1.82) is 0 Å². The van der Waals surface area contributed by atoms with Gasteiger partial charge in [0.05, 0.1) is 16.1 Å². The lowest BCUT2D eigenvalue weighted by atomic mass is 9.93. The molecule has 0 spiro atoms. The molecule has 108 valence electrons. The van der Waals surface area contributed by atoms with E-state index < -0.39 is 22.2 Å². The first kappa shape index (κ1) is 14.4. The SMILES string of the molecule is CC1(O)CCN(C(=O)c2cc([N+](=O)[O-])ccc2F)CC1. The minimum Gasteiger partial charge on any atom is -0.390 e. The number of carbonyl (C=O) groups excluding carboxylic acids is 1. The first-order valence-corrected chi connectivity index (χ1v) is 6.26. The van der Waals surface area contributed by atoms with Crippen LogP contribution in [0.5, 0.6) is 0 Å². The van der Waals surface area contributed by atoms with Crippen molar-refractivity contribution in [3.63, 3.8) is 0 Å². The summed E-state index contributed by atoms with van der Waals surface area (Å²) in [7, 11) is 0. The summed E-state index contributed by atoms with van der Waals surface area (Å²) in [5.41, 5.74) is -1.45. The molecule has 7 heteroatoms. The Labute approximate surface area is 115 Å². The highest BCUT2D eigenvalue weighted by Crippen LogP contribution is 2.24. The standard InChI is InChI=1S/C13H15FN2O4/c1-13(18)4-6-15(7-5-13)12(17)10-8-9(16(19)20)2-3-11(10)14/h2-3,8,18H,4-7H2,1H3. The van der Waals surface area contributed by atoms with E-state index in [4.69, 9.17) is 0 Å². The number of likely N-dealkylation sites (tertiary alicyclic amines) is 1. The van der Waals surface area contributed by atoms with Crippen LogP contribution in [0.1, 0.15) is 30.1 Å². The van der Waals surface area contributed by atoms with E-state index in [2.05, 4.69) is 0 Å². The van der Waals surface area contributed by atoms with Crippen LogP contribution < -0.4 is 0 Å². The third kappa shape index (κ3) is 2.93. The second-order valence-electron chi connectivity index (χ2n) is 5.21. The van der Waals surface area contributed by atoms with Crippen LogP contribution in [0.15, 0.2) is 18.2 Å². The van der Waals surface area contributed by atoms with Crippen LogP contribution in [-0.4, -0.2) is 39.5 Å². The Bertz CT molecular complexity index is 549. The summed E-state index contributed by atoms with van der Waals surface area (Å²) in [4.78, 5) is 23.6. The monoisotopic (exact) mass is 282 g/mol. The fourth-order valence-electron chi connectivity index (χ4n) is 2.15. The average molecular weight is 282 g/mol. The Balaban J connectivity index is 2.21. The number of rotatable bonds is 2. The smallest absolute Gasteiger partial charge is 0.270 e. The van der Waals surface area contributed by atoms with Gasteiger partial charge in [-0.25, -0.2) is 4.39 Å². The second-order valence-corrected chi connectivity index (χ2v) is 5.21. The van der Waals surface area contributed by atoms with Crippen LogP contribution in [0.3, 0.4) is 0 Å². The van der Waals surface area contributed by atoms with Gasteiger partial charge in [-0.1, -0.05) is 0 Å². The van der Waals surface area contributed by atoms with E-state index in [0.717, 1.165) is 18.2 Å². The zero-order valence-corrected chi connectivity index (χ0v) is 11.0. The predicted molar refractivity (Wildman–Crippen MR) is 68.8 cm³/mol. The van der Waals surface area contributed by atoms with Gasteiger partial charge >= 0.3 is 0 Å². The molecule has 1 aliphatic heterocycles. The van der Waals surface area contributed by atoms with Crippen LogP contribution in [-0.2, 0) is 0 Å². The normalized spacial score (nSPS) is 17.9. The molecule has 1 heterocycles. The molecule has 0 atom stereocenters. The summed E-state index contributed by atoms with van der Waals surface area (Å²) in [5.74, 6) is -1.36. The average Bonchev–Trinajstić information content (AvgIpc) is 2.38. The van der Waals surface area contributed by atoms with E-state index in [1.165, 1.54) is 4.90 Å². The number of halogens is 1. The fraction of sp³-hybridized carbons (Fsp3) is 0.462. The molecule has 1 saturated heterocycles. The van der Waals surface area contributed by atoms with Crippen molar-refractivity contribution in [3.8, 4) is 0 Å². The zero-order chi connectivity index (χ0) is 14.9. The van der Waals surface area contributed by atoms with Crippen LogP contribution in [0, 0.1) is 15.9 Å². The largest absolute Gasteiger partial charge is 0.390 e. The van der Waals surface area contributed by atoms with E-state index in [0.29, 0.717) is 25.9 Å². The van der Waals surface area contributed by atoms with Gasteiger partial charge in [-0.05, 0) is 25.8 Å². The summed E-state index contributed by atoms with van der Waals surface area (Å²) in [5, 5.41) is 20.5. The van der Waals surface area contributed by atoms with Crippen LogP contribution in [0.4, 0.5) is 10.1 Å². The fourth-order valence-corrected chi connectivity index (χ4v) is 2.15. The molecule has 0 unspecified atom stereocenters. The number of nitro benzene ring substituents is 1. The van der Waals surface area contributed by atoms with Crippen molar-refractivity contribution in [2.24, 2.45) is 0 Å². The van der Waals surface area contributed by atoms with Crippen LogP contribution in [0.25, 0.3) is 0 Å². The quantitative estimate of drug-likeness (QED) is 0.661. The number of carbonyl (C=O) groups is 1. The molecule has 0 saturated carbocycles. The Morgan fingerprint density at radius 3 is 2.60 bits per heavy atom. The summed E-state index contributed by atoms with van der Waals surface area (Å²) in [6, 6.07) is 2.89. The lowest BCUT2D eigenvalue weighted by molar-refractivity contribution is -0.384. The number of non-ortho nitro benzene ring substituents is 1. The Morgan fingerprint density at radius 1 is 1.45 bits per heavy atom. The van der Waals surface area contributed by atoms with Gasteiger partial charge in [-0.2, -0.15) is 0 Å². The molecule has 0 aromatic heterocycles. The summed E-state index contributed by atoms with van der Waals surface area (Å²) in [6.45, 7) is 2.28. The zero-order valence-electron chi connectivity index (χ0n) is 11.0. The van der Waals surface area contributed by atoms with Gasteiger partial charge in [0.1, 0.15) is 5.82 Å². The third-order valence-corrected chi connectivity index (χ3v) is 3.52. The van der Waals surface area contributed by atoms with Gasteiger partial charge in [0.2, 0.25) is 0 Å². The van der Waals surface area contributed by atoms with Crippen molar-refractivity contribution in [2.45, 2.75) is 25.4 Å². The maximum Gasteiger partial charge on any atom is 0.270 e. The molecule has 1 aromatic rings. The molecule has 1 N–H and O–H groups in total. The summed E-state index contributed by atoms with van der Waals surface area (Å²) >= 11 is 0. The molecule has 1 amide bonds. The molecule has 1 aliphatic rings. The highest BCUT2D eigenvalue weighted by molar-refractivity contribution is 5.95. The molecular formula is C13H15FN2O4. The molecule has 2 rings (SSSR count). The van der Waals surface area contributed by atoms with Gasteiger partial charge in [0, 0.05) is 25.2 Å². The van der Waals surface area contributed by atoms with Crippen molar-refractivity contribution in [1.82, 2.24) is 4.90 Å². The van der Waals surface area contributed by atoms with Gasteiger partial charge in [-0.3, -0.25) is 14.9 Å². The number of nitro groups is 1. The molecule has 6 nitrogen and oxygen atoms in total. The molecule has 0 radical (unpaired) electrons. The number of hydrogen-bond donors (Lipinski definition) is 1. The topological polar surface area (TPSA) is 83.7 Å². The van der Waals surface area contributed by atoms with Crippen molar-refractivity contribution < 1.29 is 19.2 Å². The first-order chi connectivity index (χ1) is 9.30. The number of amides is 1. The minimum atomic E-state index is -0.821. The Hall–Kier alpha value is -2.02. The van der Waals surface area contributed by atoms with Crippen molar-refractivity contribution in [3.05, 3.63) is 39.7 Å². The number of piperidine rings is 1. The Morgan fingerprint density at radius 2 is 2.05 bits per heavy atom. The Kier molecular flexibility index (Phi) is 3.71. The van der Waals surface area contributed by atoms with Crippen LogP contribution >= 0.6 is 0 Å². The van der Waals surface area contributed by atoms with E-state index in [9.17, 15) is 24.4 Å². The maximum absolute atomic E-state index is 13.7. The number of benzene rings is 1. The molecule has 1 fully saturated rings. The first-order valence-electron chi connectivity index (χ1n) is 6.26. The van der Waals surface area contributed by atoms with Gasteiger partial charge in [0.25, 0.3) is 11.6 Å². The summed E-state index contributed by atoms with van der Waals surface area (Å²) in [6.07, 6.45) is 0.796.